The summed E-state index contributed by atoms with van der Waals surface area (Å²) in [5.41, 5.74) is 1.43. The van der Waals surface area contributed by atoms with Gasteiger partial charge in [-0.3, -0.25) is 4.79 Å². The Kier molecular flexibility index (Phi) is 5.39. The number of phenols is 1. The second-order valence-electron chi connectivity index (χ2n) is 4.52. The van der Waals surface area contributed by atoms with Gasteiger partial charge in [-0.2, -0.15) is 0 Å². The fourth-order valence-electron chi connectivity index (χ4n) is 1.78. The molecule has 0 bridgehead atoms. The van der Waals surface area contributed by atoms with Gasteiger partial charge in [-0.1, -0.05) is 42.0 Å². The van der Waals surface area contributed by atoms with E-state index in [-0.39, 0.29) is 16.6 Å². The molecule has 4 heteroatoms. The van der Waals surface area contributed by atoms with Crippen LogP contribution in [0.1, 0.15) is 15.9 Å². The number of ketones is 1. The van der Waals surface area contributed by atoms with Gasteiger partial charge >= 0.3 is 0 Å². The van der Waals surface area contributed by atoms with Crippen molar-refractivity contribution in [3.05, 3.63) is 76.8 Å². The molecule has 0 atom stereocenters. The van der Waals surface area contributed by atoms with E-state index in [0.717, 1.165) is 11.3 Å². The molecule has 0 saturated carbocycles. The van der Waals surface area contributed by atoms with Crippen LogP contribution < -0.4 is 4.74 Å². The second-order valence-corrected chi connectivity index (χ2v) is 4.93. The highest BCUT2D eigenvalue weighted by molar-refractivity contribution is 6.32. The van der Waals surface area contributed by atoms with Crippen LogP contribution in [-0.4, -0.2) is 18.0 Å². The Balaban J connectivity index is 1.99. The Bertz CT molecular complexity index is 716. The van der Waals surface area contributed by atoms with Crippen LogP contribution in [0.15, 0.2) is 60.7 Å². The maximum absolute atomic E-state index is 11.9. The number of halogens is 1. The molecule has 0 aliphatic heterocycles. The van der Waals surface area contributed by atoms with Crippen LogP contribution in [0.2, 0.25) is 5.02 Å². The fourth-order valence-corrected chi connectivity index (χ4v) is 1.96. The highest BCUT2D eigenvalue weighted by atomic mass is 35.5. The van der Waals surface area contributed by atoms with Gasteiger partial charge in [0.1, 0.15) is 11.5 Å². The van der Waals surface area contributed by atoms with Crippen LogP contribution in [-0.2, 0) is 0 Å². The SMILES string of the molecule is COc1ccc(/C=C/C=C/C(=O)c2ccc(O)c(Cl)c2)cc1. The van der Waals surface area contributed by atoms with E-state index in [2.05, 4.69) is 0 Å². The summed E-state index contributed by atoms with van der Waals surface area (Å²) in [4.78, 5) is 11.9. The molecular weight excluding hydrogens is 300 g/mol. The lowest BCUT2D eigenvalue weighted by molar-refractivity contribution is 0.104. The highest BCUT2D eigenvalue weighted by Gasteiger charge is 2.04. The fraction of sp³-hybridized carbons (Fsp3) is 0.0556. The number of carbonyl (C=O) groups is 1. The number of ether oxygens (including phenoxy) is 1. The molecule has 112 valence electrons. The van der Waals surface area contributed by atoms with Gasteiger partial charge in [-0.05, 0) is 42.0 Å². The molecule has 0 aromatic heterocycles. The minimum atomic E-state index is -0.179. The van der Waals surface area contributed by atoms with Crippen molar-refractivity contribution in [2.75, 3.05) is 7.11 Å². The zero-order chi connectivity index (χ0) is 15.9. The number of aromatic hydroxyl groups is 1. The van der Waals surface area contributed by atoms with Gasteiger partial charge in [0.05, 0.1) is 12.1 Å². The van der Waals surface area contributed by atoms with Gasteiger partial charge in [0, 0.05) is 5.56 Å². The van der Waals surface area contributed by atoms with Crippen molar-refractivity contribution in [3.8, 4) is 11.5 Å². The molecule has 0 unspecified atom stereocenters. The number of benzene rings is 2. The van der Waals surface area contributed by atoms with Crippen LogP contribution in [0.4, 0.5) is 0 Å². The predicted molar refractivity (Wildman–Crippen MR) is 88.6 cm³/mol. The second kappa shape index (κ2) is 7.48. The summed E-state index contributed by atoms with van der Waals surface area (Å²) in [6, 6.07) is 11.9. The van der Waals surface area contributed by atoms with Crippen molar-refractivity contribution in [1.29, 1.82) is 0 Å². The molecule has 22 heavy (non-hydrogen) atoms. The molecule has 1 N–H and O–H groups in total. The maximum Gasteiger partial charge on any atom is 0.185 e. The van der Waals surface area contributed by atoms with Crippen LogP contribution in [0.5, 0.6) is 11.5 Å². The van der Waals surface area contributed by atoms with Gasteiger partial charge in [-0.25, -0.2) is 0 Å². The third kappa shape index (κ3) is 4.24. The highest BCUT2D eigenvalue weighted by Crippen LogP contribution is 2.23. The zero-order valence-corrected chi connectivity index (χ0v) is 12.7. The van der Waals surface area contributed by atoms with Gasteiger partial charge in [0.2, 0.25) is 0 Å². The van der Waals surface area contributed by atoms with E-state index in [1.807, 2.05) is 30.3 Å². The number of methoxy groups -OCH3 is 1. The Hall–Kier alpha value is -2.52. The topological polar surface area (TPSA) is 46.5 Å². The summed E-state index contributed by atoms with van der Waals surface area (Å²) in [5.74, 6) is 0.579. The summed E-state index contributed by atoms with van der Waals surface area (Å²) in [7, 11) is 1.62. The molecule has 2 rings (SSSR count). The predicted octanol–water partition coefficient (Wildman–Crippen LogP) is 4.51. The minimum Gasteiger partial charge on any atom is -0.506 e. The Labute approximate surface area is 134 Å². The maximum atomic E-state index is 11.9. The molecule has 2 aromatic rings. The van der Waals surface area contributed by atoms with Gasteiger partial charge in [-0.15, -0.1) is 0 Å². The van der Waals surface area contributed by atoms with Crippen molar-refractivity contribution in [3.63, 3.8) is 0 Å². The average molecular weight is 315 g/mol. The average Bonchev–Trinajstić information content (AvgIpc) is 2.54. The molecule has 0 aliphatic carbocycles. The third-order valence-electron chi connectivity index (χ3n) is 3.00. The van der Waals surface area contributed by atoms with Gasteiger partial charge in [0.15, 0.2) is 5.78 Å². The molecule has 0 aliphatic rings. The van der Waals surface area contributed by atoms with E-state index >= 15 is 0 Å². The lowest BCUT2D eigenvalue weighted by Crippen LogP contribution is -1.93. The quantitative estimate of drug-likeness (QED) is 0.502. The summed E-state index contributed by atoms with van der Waals surface area (Å²) in [6.07, 6.45) is 6.77. The van der Waals surface area contributed by atoms with Gasteiger partial charge < -0.3 is 9.84 Å². The van der Waals surface area contributed by atoms with Crippen LogP contribution in [0.25, 0.3) is 6.08 Å². The first-order valence-electron chi connectivity index (χ1n) is 6.62. The first-order chi connectivity index (χ1) is 10.6. The van der Waals surface area contributed by atoms with E-state index < -0.39 is 0 Å². The standard InChI is InChI=1S/C18H15ClO3/c1-22-15-9-6-13(7-10-15)4-2-3-5-17(20)14-8-11-18(21)16(19)12-14/h2-12,21H,1H3/b4-2+,5-3+. The van der Waals surface area contributed by atoms with Crippen LogP contribution in [0.3, 0.4) is 0 Å². The van der Waals surface area contributed by atoms with E-state index in [4.69, 9.17) is 16.3 Å². The van der Waals surface area contributed by atoms with E-state index in [1.165, 1.54) is 24.3 Å². The minimum absolute atomic E-state index is 0.0402. The molecule has 2 aromatic carbocycles. The molecule has 0 radical (unpaired) electrons. The lowest BCUT2D eigenvalue weighted by atomic mass is 10.1. The molecule has 0 saturated heterocycles. The Morgan fingerprint density at radius 2 is 1.86 bits per heavy atom. The number of rotatable bonds is 5. The largest absolute Gasteiger partial charge is 0.506 e. The van der Waals surface area contributed by atoms with E-state index in [1.54, 1.807) is 19.3 Å². The number of hydrogen-bond acceptors (Lipinski definition) is 3. The van der Waals surface area contributed by atoms with Crippen molar-refractivity contribution >= 4 is 23.5 Å². The third-order valence-corrected chi connectivity index (χ3v) is 3.30. The molecule has 0 fully saturated rings. The zero-order valence-electron chi connectivity index (χ0n) is 12.0. The normalized spacial score (nSPS) is 11.2. The lowest BCUT2D eigenvalue weighted by Gasteiger charge is -1.99. The number of hydrogen-bond donors (Lipinski definition) is 1. The molecular formula is C18H15ClO3. The molecule has 0 amide bonds. The first-order valence-corrected chi connectivity index (χ1v) is 6.99. The van der Waals surface area contributed by atoms with E-state index in [0.29, 0.717) is 5.56 Å². The van der Waals surface area contributed by atoms with Crippen LogP contribution >= 0.6 is 11.6 Å². The van der Waals surface area contributed by atoms with Crippen LogP contribution in [0, 0.1) is 0 Å². The number of carbonyl (C=O) groups excluding carboxylic acids is 1. The smallest absolute Gasteiger partial charge is 0.185 e. The summed E-state index contributed by atoms with van der Waals surface area (Å²) < 4.78 is 5.08. The molecule has 0 heterocycles. The van der Waals surface area contributed by atoms with Gasteiger partial charge in [0.25, 0.3) is 0 Å². The summed E-state index contributed by atoms with van der Waals surface area (Å²) >= 11 is 5.77. The number of allylic oxidation sites excluding steroid dienone is 3. The van der Waals surface area contributed by atoms with E-state index in [9.17, 15) is 9.90 Å². The molecule has 3 nitrogen and oxygen atoms in total. The summed E-state index contributed by atoms with van der Waals surface area (Å²) in [5, 5.41) is 9.48. The Morgan fingerprint density at radius 3 is 2.50 bits per heavy atom. The van der Waals surface area contributed by atoms with Crippen molar-refractivity contribution in [2.24, 2.45) is 0 Å². The van der Waals surface area contributed by atoms with Crippen molar-refractivity contribution < 1.29 is 14.6 Å². The first kappa shape index (κ1) is 15.9. The summed E-state index contributed by atoms with van der Waals surface area (Å²) in [6.45, 7) is 0. The molecule has 0 spiro atoms. The Morgan fingerprint density at radius 1 is 1.14 bits per heavy atom. The number of phenolic OH excluding ortho intramolecular Hbond substituents is 1. The van der Waals surface area contributed by atoms with Crippen molar-refractivity contribution in [1.82, 2.24) is 0 Å². The van der Waals surface area contributed by atoms with Crippen molar-refractivity contribution in [2.45, 2.75) is 0 Å². The monoisotopic (exact) mass is 314 g/mol.